The molecule has 1 saturated heterocycles. The Hall–Kier alpha value is -3.88. The van der Waals surface area contributed by atoms with Gasteiger partial charge in [0.1, 0.15) is 18.7 Å². The molecule has 2 aromatic carbocycles. The van der Waals surface area contributed by atoms with Crippen LogP contribution in [0.3, 0.4) is 0 Å². The predicted octanol–water partition coefficient (Wildman–Crippen LogP) is 3.47. The Kier molecular flexibility index (Phi) is 10.4. The van der Waals surface area contributed by atoms with Gasteiger partial charge in [-0.25, -0.2) is 4.79 Å². The monoisotopic (exact) mass is 562 g/mol. The molecule has 1 saturated carbocycles. The topological polar surface area (TPSA) is 126 Å². The summed E-state index contributed by atoms with van der Waals surface area (Å²) in [5, 5.41) is 11.6. The molecular formula is C32H42N4O5. The summed E-state index contributed by atoms with van der Waals surface area (Å²) in [6.07, 6.45) is 3.25. The molecule has 4 rings (SSSR count). The summed E-state index contributed by atoms with van der Waals surface area (Å²) in [5.41, 5.74) is 2.04. The maximum absolute atomic E-state index is 13.0. The van der Waals surface area contributed by atoms with Crippen LogP contribution >= 0.6 is 0 Å². The Morgan fingerprint density at radius 1 is 0.976 bits per heavy atom. The summed E-state index contributed by atoms with van der Waals surface area (Å²) in [5.74, 6) is -0.352. The fraction of sp³-hybridized carbons (Fsp3) is 0.500. The second-order valence-corrected chi connectivity index (χ2v) is 11.4. The molecule has 2 fully saturated rings. The fourth-order valence-corrected chi connectivity index (χ4v) is 5.35. The molecule has 9 heteroatoms. The lowest BCUT2D eigenvalue weighted by atomic mass is 9.78. The minimum absolute atomic E-state index is 0.0252. The highest BCUT2D eigenvalue weighted by Crippen LogP contribution is 2.36. The smallest absolute Gasteiger partial charge is 0.408 e. The van der Waals surface area contributed by atoms with E-state index in [4.69, 9.17) is 4.74 Å². The molecule has 9 nitrogen and oxygen atoms in total. The zero-order valence-corrected chi connectivity index (χ0v) is 24.1. The van der Waals surface area contributed by atoms with Gasteiger partial charge in [0.25, 0.3) is 0 Å². The van der Waals surface area contributed by atoms with E-state index in [1.54, 1.807) is 6.92 Å². The molecule has 2 aromatic rings. The standard InChI is InChI=1S/C32H42N4O5/c1-4-20(2)27-28(36-30(27)38)31(39)35-26-18-24(26)17-25(16-15-22-11-7-5-8-12-22)34-29(37)21(3)33-32(40)41-19-23-13-9-6-10-14-23/h5-14,20-21,24-28H,4,15-19H2,1-3H3,(H,33,40)(H,34,37)(H,35,39)(H,36,38)/t20-,21-,24+,25+,26-,27-,28+/m0/s1. The van der Waals surface area contributed by atoms with Crippen molar-refractivity contribution in [3.63, 3.8) is 0 Å². The van der Waals surface area contributed by atoms with Gasteiger partial charge < -0.3 is 26.0 Å². The van der Waals surface area contributed by atoms with Crippen molar-refractivity contribution < 1.29 is 23.9 Å². The zero-order chi connectivity index (χ0) is 29.4. The first-order valence-corrected chi connectivity index (χ1v) is 14.7. The van der Waals surface area contributed by atoms with Crippen LogP contribution in [0.25, 0.3) is 0 Å². The molecule has 0 aromatic heterocycles. The van der Waals surface area contributed by atoms with Crippen molar-refractivity contribution in [2.75, 3.05) is 0 Å². The molecule has 41 heavy (non-hydrogen) atoms. The number of benzene rings is 2. The van der Waals surface area contributed by atoms with Crippen molar-refractivity contribution in [3.05, 3.63) is 71.8 Å². The lowest BCUT2D eigenvalue weighted by Gasteiger charge is -2.39. The summed E-state index contributed by atoms with van der Waals surface area (Å²) in [4.78, 5) is 50.2. The van der Waals surface area contributed by atoms with Gasteiger partial charge in [-0.1, -0.05) is 80.9 Å². The molecule has 0 bridgehead atoms. The summed E-state index contributed by atoms with van der Waals surface area (Å²) < 4.78 is 5.26. The molecule has 220 valence electrons. The van der Waals surface area contributed by atoms with Crippen LogP contribution in [-0.4, -0.2) is 48.0 Å². The third-order valence-corrected chi connectivity index (χ3v) is 8.25. The van der Waals surface area contributed by atoms with Gasteiger partial charge in [-0.3, -0.25) is 14.4 Å². The average Bonchev–Trinajstić information content (AvgIpc) is 3.70. The van der Waals surface area contributed by atoms with E-state index in [2.05, 4.69) is 33.4 Å². The van der Waals surface area contributed by atoms with E-state index < -0.39 is 18.2 Å². The summed E-state index contributed by atoms with van der Waals surface area (Å²) in [7, 11) is 0. The normalized spacial score (nSPS) is 23.1. The molecule has 0 unspecified atom stereocenters. The van der Waals surface area contributed by atoms with Gasteiger partial charge in [-0.15, -0.1) is 0 Å². The molecule has 1 aliphatic carbocycles. The van der Waals surface area contributed by atoms with Crippen LogP contribution in [0.5, 0.6) is 0 Å². The van der Waals surface area contributed by atoms with Crippen molar-refractivity contribution in [2.45, 2.75) is 83.6 Å². The summed E-state index contributed by atoms with van der Waals surface area (Å²) >= 11 is 0. The Morgan fingerprint density at radius 3 is 2.27 bits per heavy atom. The molecule has 1 aliphatic heterocycles. The molecule has 1 heterocycles. The highest BCUT2D eigenvalue weighted by atomic mass is 16.5. The zero-order valence-electron chi connectivity index (χ0n) is 24.1. The van der Waals surface area contributed by atoms with Crippen molar-refractivity contribution in [2.24, 2.45) is 17.8 Å². The van der Waals surface area contributed by atoms with Gasteiger partial charge in [0, 0.05) is 12.1 Å². The highest BCUT2D eigenvalue weighted by molar-refractivity contribution is 5.99. The maximum Gasteiger partial charge on any atom is 0.408 e. The van der Waals surface area contributed by atoms with E-state index in [-0.39, 0.29) is 54.2 Å². The number of ether oxygens (including phenoxy) is 1. The van der Waals surface area contributed by atoms with Crippen LogP contribution in [-0.2, 0) is 32.1 Å². The Balaban J connectivity index is 1.27. The molecule has 7 atom stereocenters. The maximum atomic E-state index is 13.0. The van der Waals surface area contributed by atoms with E-state index in [0.29, 0.717) is 6.42 Å². The van der Waals surface area contributed by atoms with Crippen LogP contribution in [0.4, 0.5) is 4.79 Å². The fourth-order valence-electron chi connectivity index (χ4n) is 5.35. The van der Waals surface area contributed by atoms with Crippen LogP contribution in [0.15, 0.2) is 60.7 Å². The van der Waals surface area contributed by atoms with Gasteiger partial charge in [0.2, 0.25) is 17.7 Å². The summed E-state index contributed by atoms with van der Waals surface area (Å²) in [6.45, 7) is 5.78. The van der Waals surface area contributed by atoms with Crippen LogP contribution in [0.1, 0.15) is 57.6 Å². The van der Waals surface area contributed by atoms with Crippen molar-refractivity contribution in [1.82, 2.24) is 21.3 Å². The van der Waals surface area contributed by atoms with Gasteiger partial charge in [-0.2, -0.15) is 0 Å². The molecular weight excluding hydrogens is 520 g/mol. The minimum Gasteiger partial charge on any atom is -0.445 e. The Morgan fingerprint density at radius 2 is 1.63 bits per heavy atom. The number of carbonyl (C=O) groups excluding carboxylic acids is 4. The number of carbonyl (C=O) groups is 4. The third-order valence-electron chi connectivity index (χ3n) is 8.25. The van der Waals surface area contributed by atoms with Crippen LogP contribution in [0, 0.1) is 17.8 Å². The number of hydrogen-bond donors (Lipinski definition) is 4. The van der Waals surface area contributed by atoms with Crippen molar-refractivity contribution in [3.8, 4) is 0 Å². The van der Waals surface area contributed by atoms with E-state index in [0.717, 1.165) is 31.2 Å². The van der Waals surface area contributed by atoms with Crippen molar-refractivity contribution >= 4 is 23.8 Å². The second kappa shape index (κ2) is 14.1. The quantitative estimate of drug-likeness (QED) is 0.263. The third kappa shape index (κ3) is 8.55. The average molecular weight is 563 g/mol. The molecule has 4 N–H and O–H groups in total. The Bertz CT molecular complexity index is 1190. The van der Waals surface area contributed by atoms with Gasteiger partial charge >= 0.3 is 6.09 Å². The Labute approximate surface area is 242 Å². The molecule has 2 aliphatic rings. The van der Waals surface area contributed by atoms with E-state index in [1.807, 2.05) is 62.4 Å². The van der Waals surface area contributed by atoms with Gasteiger partial charge in [-0.05, 0) is 55.6 Å². The number of amides is 4. The van der Waals surface area contributed by atoms with Gasteiger partial charge in [0.05, 0.1) is 5.92 Å². The number of nitrogens with one attached hydrogen (secondary N) is 4. The minimum atomic E-state index is -0.771. The molecule has 4 amide bonds. The number of rotatable bonds is 14. The van der Waals surface area contributed by atoms with E-state index in [1.165, 1.54) is 5.56 Å². The lowest BCUT2D eigenvalue weighted by molar-refractivity contribution is -0.146. The summed E-state index contributed by atoms with van der Waals surface area (Å²) in [6, 6.07) is 18.1. The van der Waals surface area contributed by atoms with E-state index >= 15 is 0 Å². The largest absolute Gasteiger partial charge is 0.445 e. The molecule has 0 radical (unpaired) electrons. The number of hydrogen-bond acceptors (Lipinski definition) is 5. The van der Waals surface area contributed by atoms with Crippen molar-refractivity contribution in [1.29, 1.82) is 0 Å². The van der Waals surface area contributed by atoms with Gasteiger partial charge in [0.15, 0.2) is 0 Å². The number of aryl methyl sites for hydroxylation is 1. The molecule has 0 spiro atoms. The van der Waals surface area contributed by atoms with Crippen LogP contribution < -0.4 is 21.3 Å². The lowest BCUT2D eigenvalue weighted by Crippen LogP contribution is -2.66. The highest BCUT2D eigenvalue weighted by Gasteiger charge is 2.49. The second-order valence-electron chi connectivity index (χ2n) is 11.4. The first-order chi connectivity index (χ1) is 19.7. The first kappa shape index (κ1) is 30.1. The number of β-lactam (4-membered cyclic amide) rings is 1. The van der Waals surface area contributed by atoms with E-state index in [9.17, 15) is 19.2 Å². The van der Waals surface area contributed by atoms with Crippen LogP contribution in [0.2, 0.25) is 0 Å². The SMILES string of the molecule is CC[C@H](C)[C@@H]1C(=O)N[C@H]1C(=O)N[C@H]1C[C@H]1C[C@@H](CCc1ccccc1)NC(=O)[C@H](C)NC(=O)OCc1ccccc1. The first-order valence-electron chi connectivity index (χ1n) is 14.7. The number of alkyl carbamates (subject to hydrolysis) is 1. The predicted molar refractivity (Wildman–Crippen MR) is 155 cm³/mol.